The van der Waals surface area contributed by atoms with Crippen molar-refractivity contribution in [3.05, 3.63) is 54.4 Å². The summed E-state index contributed by atoms with van der Waals surface area (Å²) in [6.07, 6.45) is 3.53. The van der Waals surface area contributed by atoms with Crippen LogP contribution in [0.3, 0.4) is 0 Å². The lowest BCUT2D eigenvalue weighted by Crippen LogP contribution is -1.90. The summed E-state index contributed by atoms with van der Waals surface area (Å²) in [6.45, 7) is 2.05. The van der Waals surface area contributed by atoms with Crippen LogP contribution in [0.1, 0.15) is 5.56 Å². The lowest BCUT2D eigenvalue weighted by atomic mass is 10.2. The lowest BCUT2D eigenvalue weighted by Gasteiger charge is -2.02. The molecule has 1 aromatic carbocycles. The number of pyridine rings is 1. The molecule has 3 heteroatoms. The zero-order chi connectivity index (χ0) is 11.7. The number of rotatable bonds is 1. The minimum Gasteiger partial charge on any atom is -0.255 e. The fourth-order valence-corrected chi connectivity index (χ4v) is 1.76. The molecule has 3 aromatic rings. The minimum atomic E-state index is 0.807. The Morgan fingerprint density at radius 2 is 1.82 bits per heavy atom. The van der Waals surface area contributed by atoms with Crippen LogP contribution >= 0.6 is 0 Å². The van der Waals surface area contributed by atoms with Crippen molar-refractivity contribution in [1.82, 2.24) is 15.0 Å². The molecule has 17 heavy (non-hydrogen) atoms. The van der Waals surface area contributed by atoms with Gasteiger partial charge in [0.25, 0.3) is 0 Å². The van der Waals surface area contributed by atoms with Crippen molar-refractivity contribution in [2.45, 2.75) is 6.92 Å². The highest BCUT2D eigenvalue weighted by molar-refractivity contribution is 5.77. The van der Waals surface area contributed by atoms with E-state index in [0.717, 1.165) is 22.4 Å². The van der Waals surface area contributed by atoms with Crippen molar-refractivity contribution in [2.75, 3.05) is 0 Å². The molecule has 0 saturated carbocycles. The number of aryl methyl sites for hydroxylation is 1. The third-order valence-corrected chi connectivity index (χ3v) is 2.63. The monoisotopic (exact) mass is 221 g/mol. The first-order valence-electron chi connectivity index (χ1n) is 5.48. The van der Waals surface area contributed by atoms with Crippen LogP contribution in [0.25, 0.3) is 22.4 Å². The fourth-order valence-electron chi connectivity index (χ4n) is 1.76. The second kappa shape index (κ2) is 3.94. The normalized spacial score (nSPS) is 10.6. The molecule has 0 aliphatic heterocycles. The van der Waals surface area contributed by atoms with E-state index in [9.17, 15) is 0 Å². The van der Waals surface area contributed by atoms with Gasteiger partial charge in [-0.2, -0.15) is 0 Å². The summed E-state index contributed by atoms with van der Waals surface area (Å²) in [5.74, 6) is 0. The number of nitrogens with zero attached hydrogens (tertiary/aromatic N) is 3. The predicted octanol–water partition coefficient (Wildman–Crippen LogP) is 3.00. The Bertz CT molecular complexity index is 663. The Balaban J connectivity index is 2.17. The van der Waals surface area contributed by atoms with Gasteiger partial charge in [-0.25, -0.2) is 4.98 Å². The second-order valence-corrected chi connectivity index (χ2v) is 3.96. The highest BCUT2D eigenvalue weighted by atomic mass is 14.8. The summed E-state index contributed by atoms with van der Waals surface area (Å²) >= 11 is 0. The SMILES string of the molecule is Cc1ccc2nc(-c3ccccn3)cnc2c1. The van der Waals surface area contributed by atoms with E-state index >= 15 is 0 Å². The summed E-state index contributed by atoms with van der Waals surface area (Å²) in [5.41, 5.74) is 4.67. The topological polar surface area (TPSA) is 38.7 Å². The average molecular weight is 221 g/mol. The molecule has 0 bridgehead atoms. The van der Waals surface area contributed by atoms with Gasteiger partial charge in [0.05, 0.1) is 22.9 Å². The molecule has 2 heterocycles. The molecule has 0 spiro atoms. The van der Waals surface area contributed by atoms with Gasteiger partial charge in [-0.1, -0.05) is 12.1 Å². The largest absolute Gasteiger partial charge is 0.255 e. The maximum absolute atomic E-state index is 4.56. The van der Waals surface area contributed by atoms with Gasteiger partial charge >= 0.3 is 0 Å². The van der Waals surface area contributed by atoms with E-state index in [4.69, 9.17) is 0 Å². The van der Waals surface area contributed by atoms with Gasteiger partial charge in [-0.3, -0.25) is 9.97 Å². The first-order chi connectivity index (χ1) is 8.33. The molecular weight excluding hydrogens is 210 g/mol. The number of hydrogen-bond donors (Lipinski definition) is 0. The molecule has 3 nitrogen and oxygen atoms in total. The summed E-state index contributed by atoms with van der Waals surface area (Å²) < 4.78 is 0. The van der Waals surface area contributed by atoms with Gasteiger partial charge < -0.3 is 0 Å². The van der Waals surface area contributed by atoms with E-state index in [1.807, 2.05) is 43.3 Å². The molecule has 0 N–H and O–H groups in total. The van der Waals surface area contributed by atoms with Gasteiger partial charge in [-0.05, 0) is 36.8 Å². The Hall–Kier alpha value is -2.29. The van der Waals surface area contributed by atoms with E-state index in [1.54, 1.807) is 12.4 Å². The second-order valence-electron chi connectivity index (χ2n) is 3.96. The molecule has 0 atom stereocenters. The molecule has 0 radical (unpaired) electrons. The van der Waals surface area contributed by atoms with Gasteiger partial charge in [0.2, 0.25) is 0 Å². The van der Waals surface area contributed by atoms with E-state index in [0.29, 0.717) is 0 Å². The highest BCUT2D eigenvalue weighted by Gasteiger charge is 2.03. The van der Waals surface area contributed by atoms with Crippen LogP contribution in [-0.4, -0.2) is 15.0 Å². The van der Waals surface area contributed by atoms with Gasteiger partial charge in [-0.15, -0.1) is 0 Å². The number of fused-ring (bicyclic) bond motifs is 1. The van der Waals surface area contributed by atoms with Gasteiger partial charge in [0.15, 0.2) is 0 Å². The van der Waals surface area contributed by atoms with E-state index in [1.165, 1.54) is 5.56 Å². The molecule has 0 saturated heterocycles. The number of aromatic nitrogens is 3. The third kappa shape index (κ3) is 1.87. The Kier molecular flexibility index (Phi) is 2.29. The fraction of sp³-hybridized carbons (Fsp3) is 0.0714. The van der Waals surface area contributed by atoms with Crippen molar-refractivity contribution in [3.8, 4) is 11.4 Å². The summed E-state index contributed by atoms with van der Waals surface area (Å²) in [4.78, 5) is 13.2. The third-order valence-electron chi connectivity index (χ3n) is 2.63. The van der Waals surface area contributed by atoms with Crippen molar-refractivity contribution in [2.24, 2.45) is 0 Å². The Labute approximate surface area is 99.2 Å². The average Bonchev–Trinajstić information content (AvgIpc) is 2.39. The van der Waals surface area contributed by atoms with E-state index < -0.39 is 0 Å². The summed E-state index contributed by atoms with van der Waals surface area (Å²) in [5, 5.41) is 0. The Morgan fingerprint density at radius 3 is 2.65 bits per heavy atom. The maximum atomic E-state index is 4.56. The van der Waals surface area contributed by atoms with Crippen LogP contribution in [0.2, 0.25) is 0 Å². The predicted molar refractivity (Wildman–Crippen MR) is 67.5 cm³/mol. The highest BCUT2D eigenvalue weighted by Crippen LogP contribution is 2.17. The Morgan fingerprint density at radius 1 is 0.882 bits per heavy atom. The van der Waals surface area contributed by atoms with E-state index in [-0.39, 0.29) is 0 Å². The molecule has 0 aliphatic carbocycles. The number of hydrogen-bond acceptors (Lipinski definition) is 3. The van der Waals surface area contributed by atoms with Crippen LogP contribution < -0.4 is 0 Å². The molecule has 0 unspecified atom stereocenters. The maximum Gasteiger partial charge on any atom is 0.108 e. The molecule has 2 aromatic heterocycles. The van der Waals surface area contributed by atoms with Crippen LogP contribution in [0.5, 0.6) is 0 Å². The molecule has 0 aliphatic rings. The quantitative estimate of drug-likeness (QED) is 0.634. The lowest BCUT2D eigenvalue weighted by molar-refractivity contribution is 1.23. The zero-order valence-electron chi connectivity index (χ0n) is 9.46. The zero-order valence-corrected chi connectivity index (χ0v) is 9.46. The molecule has 82 valence electrons. The molecular formula is C14H11N3. The smallest absolute Gasteiger partial charge is 0.108 e. The van der Waals surface area contributed by atoms with Crippen molar-refractivity contribution in [3.63, 3.8) is 0 Å². The molecule has 0 fully saturated rings. The standard InChI is InChI=1S/C14H11N3/c1-10-5-6-12-13(8-10)16-9-14(17-12)11-4-2-3-7-15-11/h2-9H,1H3. The minimum absolute atomic E-state index is 0.807. The first-order valence-corrected chi connectivity index (χ1v) is 5.48. The van der Waals surface area contributed by atoms with Gasteiger partial charge in [0, 0.05) is 6.20 Å². The van der Waals surface area contributed by atoms with Crippen LogP contribution in [0, 0.1) is 6.92 Å². The first kappa shape index (κ1) is 9.90. The van der Waals surface area contributed by atoms with Crippen LogP contribution in [-0.2, 0) is 0 Å². The molecule has 3 rings (SSSR count). The molecule has 0 amide bonds. The van der Waals surface area contributed by atoms with Crippen LogP contribution in [0.15, 0.2) is 48.8 Å². The van der Waals surface area contributed by atoms with Gasteiger partial charge in [0.1, 0.15) is 5.69 Å². The van der Waals surface area contributed by atoms with Crippen molar-refractivity contribution < 1.29 is 0 Å². The van der Waals surface area contributed by atoms with E-state index in [2.05, 4.69) is 15.0 Å². The summed E-state index contributed by atoms with van der Waals surface area (Å²) in [7, 11) is 0. The summed E-state index contributed by atoms with van der Waals surface area (Å²) in [6, 6.07) is 11.8. The number of benzene rings is 1. The van der Waals surface area contributed by atoms with Crippen molar-refractivity contribution >= 4 is 11.0 Å². The van der Waals surface area contributed by atoms with Crippen molar-refractivity contribution in [1.29, 1.82) is 0 Å². The van der Waals surface area contributed by atoms with Crippen LogP contribution in [0.4, 0.5) is 0 Å².